The average Bonchev–Trinajstić information content (AvgIpc) is 2.81. The molecule has 0 heterocycles. The lowest BCUT2D eigenvalue weighted by Gasteiger charge is -2.29. The molecule has 184 valence electrons. The van der Waals surface area contributed by atoms with Crippen LogP contribution in [0.2, 0.25) is 0 Å². The zero-order valence-electron chi connectivity index (χ0n) is 17.9. The summed E-state index contributed by atoms with van der Waals surface area (Å²) in [5.74, 6) is 1.68. The fourth-order valence-corrected chi connectivity index (χ4v) is 6.94. The first-order valence-electron chi connectivity index (χ1n) is 9.91. The van der Waals surface area contributed by atoms with Crippen molar-refractivity contribution in [1.29, 1.82) is 0 Å². The number of alkyl halides is 8. The Bertz CT molecular complexity index is 802. The van der Waals surface area contributed by atoms with Crippen molar-refractivity contribution in [2.75, 3.05) is 23.9 Å². The second-order valence-electron chi connectivity index (χ2n) is 8.19. The number of benzene rings is 2. The smallest absolute Gasteiger partial charge is 0.119 e. The van der Waals surface area contributed by atoms with Gasteiger partial charge < -0.3 is 9.47 Å². The van der Waals surface area contributed by atoms with Crippen LogP contribution < -0.4 is 9.47 Å². The first-order chi connectivity index (χ1) is 15.4. The predicted molar refractivity (Wildman–Crippen MR) is 170 cm³/mol. The molecule has 0 radical (unpaired) electrons. The summed E-state index contributed by atoms with van der Waals surface area (Å²) in [4.78, 5) is 0. The Morgan fingerprint density at radius 3 is 1.18 bits per heavy atom. The summed E-state index contributed by atoms with van der Waals surface area (Å²) < 4.78 is 11.7. The van der Waals surface area contributed by atoms with Crippen molar-refractivity contribution in [2.24, 2.45) is 0 Å². The standard InChI is InChI=1S/C23H24Br8O2/c1-21(2,15-3-7-17(8-4-15)32-13-22(30,11-24)19(26)27)16-5-9-18(10-6-16)33-14-23(31,12-25)20(28)29/h3-10,19-20H,11-14H2,1-2H3. The number of hydrogen-bond acceptors (Lipinski definition) is 2. The highest BCUT2D eigenvalue weighted by Gasteiger charge is 2.34. The molecule has 0 aliphatic heterocycles. The Hall–Kier alpha value is 1.88. The first kappa shape index (κ1) is 31.1. The van der Waals surface area contributed by atoms with E-state index in [1.54, 1.807) is 0 Å². The SMILES string of the molecule is CC(C)(c1ccc(OCC(Br)(CBr)C(Br)Br)cc1)c1ccc(OCC(Br)(CBr)C(Br)Br)cc1. The third-order valence-corrected chi connectivity index (χ3v) is 16.7. The Morgan fingerprint density at radius 2 is 0.939 bits per heavy atom. The molecule has 0 saturated heterocycles. The third kappa shape index (κ3) is 8.44. The van der Waals surface area contributed by atoms with Crippen LogP contribution in [-0.4, -0.2) is 40.0 Å². The number of hydrogen-bond donors (Lipinski definition) is 0. The Morgan fingerprint density at radius 1 is 0.636 bits per heavy atom. The minimum Gasteiger partial charge on any atom is -0.492 e. The van der Waals surface area contributed by atoms with E-state index in [1.807, 2.05) is 24.3 Å². The van der Waals surface area contributed by atoms with E-state index in [1.165, 1.54) is 11.1 Å². The van der Waals surface area contributed by atoms with Crippen LogP contribution in [0, 0.1) is 0 Å². The highest BCUT2D eigenvalue weighted by atomic mass is 79.9. The van der Waals surface area contributed by atoms with Gasteiger partial charge in [0, 0.05) is 16.1 Å². The third-order valence-electron chi connectivity index (χ3n) is 5.34. The van der Waals surface area contributed by atoms with Crippen LogP contribution in [0.25, 0.3) is 0 Å². The van der Waals surface area contributed by atoms with E-state index >= 15 is 0 Å². The molecule has 2 unspecified atom stereocenters. The zero-order valence-corrected chi connectivity index (χ0v) is 30.6. The molecule has 0 aliphatic rings. The van der Waals surface area contributed by atoms with Gasteiger partial charge in [-0.25, -0.2) is 0 Å². The second-order valence-corrected chi connectivity index (χ2v) is 18.6. The summed E-state index contributed by atoms with van der Waals surface area (Å²) in [6.07, 6.45) is 0. The van der Waals surface area contributed by atoms with Gasteiger partial charge in [0.15, 0.2) is 0 Å². The van der Waals surface area contributed by atoms with Crippen LogP contribution in [0.5, 0.6) is 11.5 Å². The molecule has 2 aromatic rings. The van der Waals surface area contributed by atoms with Crippen LogP contribution in [0.1, 0.15) is 25.0 Å². The van der Waals surface area contributed by atoms with Crippen molar-refractivity contribution >= 4 is 127 Å². The molecule has 2 rings (SSSR count). The van der Waals surface area contributed by atoms with Crippen molar-refractivity contribution in [1.82, 2.24) is 0 Å². The van der Waals surface area contributed by atoms with Gasteiger partial charge >= 0.3 is 0 Å². The van der Waals surface area contributed by atoms with Crippen molar-refractivity contribution in [3.05, 3.63) is 59.7 Å². The molecule has 2 nitrogen and oxygen atoms in total. The fourth-order valence-electron chi connectivity index (χ4n) is 2.83. The lowest BCUT2D eigenvalue weighted by molar-refractivity contribution is 0.293. The van der Waals surface area contributed by atoms with Gasteiger partial charge in [-0.3, -0.25) is 0 Å². The molecule has 0 saturated carbocycles. The summed E-state index contributed by atoms with van der Waals surface area (Å²) >= 11 is 28.8. The quantitative estimate of drug-likeness (QED) is 0.198. The van der Waals surface area contributed by atoms with E-state index in [-0.39, 0.29) is 21.5 Å². The van der Waals surface area contributed by atoms with Gasteiger partial charge in [-0.05, 0) is 35.4 Å². The van der Waals surface area contributed by atoms with Crippen LogP contribution in [0.15, 0.2) is 48.5 Å². The largest absolute Gasteiger partial charge is 0.492 e. The van der Waals surface area contributed by atoms with Crippen molar-refractivity contribution in [2.45, 2.75) is 35.4 Å². The van der Waals surface area contributed by atoms with Crippen LogP contribution in [0.3, 0.4) is 0 Å². The fraction of sp³-hybridized carbons (Fsp3) is 0.478. The lowest BCUT2D eigenvalue weighted by Crippen LogP contribution is -2.37. The Labute approximate surface area is 264 Å². The van der Waals surface area contributed by atoms with Crippen LogP contribution in [0.4, 0.5) is 0 Å². The highest BCUT2D eigenvalue weighted by molar-refractivity contribution is 9.26. The van der Waals surface area contributed by atoms with E-state index in [2.05, 4.69) is 166 Å². The predicted octanol–water partition coefficient (Wildman–Crippen LogP) is 10.1. The summed E-state index contributed by atoms with van der Waals surface area (Å²) in [5, 5.41) is 1.48. The summed E-state index contributed by atoms with van der Waals surface area (Å²) in [6.45, 7) is 5.47. The minimum atomic E-state index is -0.248. The zero-order chi connectivity index (χ0) is 24.9. The number of rotatable bonds is 12. The molecule has 0 fully saturated rings. The van der Waals surface area contributed by atoms with E-state index in [4.69, 9.17) is 9.47 Å². The van der Waals surface area contributed by atoms with Gasteiger partial charge in [-0.1, -0.05) is 166 Å². The Kier molecular flexibility index (Phi) is 12.8. The highest BCUT2D eigenvalue weighted by Crippen LogP contribution is 2.37. The number of halogens is 8. The molecule has 0 aromatic heterocycles. The van der Waals surface area contributed by atoms with E-state index < -0.39 is 0 Å². The lowest BCUT2D eigenvalue weighted by atomic mass is 9.78. The van der Waals surface area contributed by atoms with E-state index in [0.29, 0.717) is 13.2 Å². The van der Waals surface area contributed by atoms with Crippen LogP contribution in [-0.2, 0) is 5.41 Å². The van der Waals surface area contributed by atoms with Gasteiger partial charge in [0.1, 0.15) is 24.7 Å². The minimum absolute atomic E-state index is 0.0767. The monoisotopic (exact) mass is 964 g/mol. The maximum absolute atomic E-state index is 6.03. The van der Waals surface area contributed by atoms with E-state index in [9.17, 15) is 0 Å². The average molecular weight is 972 g/mol. The van der Waals surface area contributed by atoms with Gasteiger partial charge in [-0.2, -0.15) is 0 Å². The van der Waals surface area contributed by atoms with Crippen LogP contribution >= 0.6 is 127 Å². The molecule has 33 heavy (non-hydrogen) atoms. The van der Waals surface area contributed by atoms with Crippen molar-refractivity contribution < 1.29 is 9.47 Å². The van der Waals surface area contributed by atoms with E-state index in [0.717, 1.165) is 22.2 Å². The molecule has 0 spiro atoms. The van der Waals surface area contributed by atoms with Gasteiger partial charge in [0.05, 0.1) is 16.1 Å². The molecule has 2 aromatic carbocycles. The summed E-state index contributed by atoms with van der Waals surface area (Å²) in [7, 11) is 0. The first-order valence-corrected chi connectivity index (χ1v) is 17.4. The molecule has 0 aliphatic carbocycles. The molecular formula is C23H24Br8O2. The molecule has 10 heteroatoms. The second kappa shape index (κ2) is 13.6. The number of ether oxygens (including phenoxy) is 2. The van der Waals surface area contributed by atoms with Gasteiger partial charge in [-0.15, -0.1) is 0 Å². The van der Waals surface area contributed by atoms with Crippen molar-refractivity contribution in [3.8, 4) is 11.5 Å². The molecule has 0 N–H and O–H groups in total. The molecular weight excluding hydrogens is 947 g/mol. The molecule has 0 bridgehead atoms. The topological polar surface area (TPSA) is 18.5 Å². The molecule has 2 atom stereocenters. The Balaban J connectivity index is 2.07. The van der Waals surface area contributed by atoms with Gasteiger partial charge in [0.2, 0.25) is 0 Å². The van der Waals surface area contributed by atoms with Crippen molar-refractivity contribution in [3.63, 3.8) is 0 Å². The summed E-state index contributed by atoms with van der Waals surface area (Å²) in [5.41, 5.74) is 2.27. The summed E-state index contributed by atoms with van der Waals surface area (Å²) in [6, 6.07) is 16.6. The van der Waals surface area contributed by atoms with Gasteiger partial charge in [0.25, 0.3) is 0 Å². The maximum Gasteiger partial charge on any atom is 0.119 e. The molecule has 0 amide bonds. The maximum atomic E-state index is 6.03. The normalized spacial score (nSPS) is 15.9.